The Hall–Kier alpha value is -3.87. The monoisotopic (exact) mass is 415 g/mol. The number of carbonyl (C=O) groups excluding carboxylic acids is 1. The summed E-state index contributed by atoms with van der Waals surface area (Å²) in [6.45, 7) is 8.14. The highest BCUT2D eigenvalue weighted by Gasteiger charge is 2.22. The molecule has 1 aromatic heterocycles. The van der Waals surface area contributed by atoms with Gasteiger partial charge in [-0.1, -0.05) is 45.0 Å². The number of fused-ring (bicyclic) bond motifs is 1. The number of amides is 2. The van der Waals surface area contributed by atoms with Crippen molar-refractivity contribution in [2.24, 2.45) is 0 Å². The summed E-state index contributed by atoms with van der Waals surface area (Å²) in [7, 11) is 0. The van der Waals surface area contributed by atoms with Gasteiger partial charge >= 0.3 is 6.03 Å². The quantitative estimate of drug-likeness (QED) is 0.392. The number of hydrogen-bond donors (Lipinski definition) is 3. The van der Waals surface area contributed by atoms with Gasteiger partial charge in [-0.25, -0.2) is 4.79 Å². The Kier molecular flexibility index (Phi) is 5.10. The smallest absolute Gasteiger partial charge is 0.323 e. The van der Waals surface area contributed by atoms with E-state index in [0.717, 1.165) is 22.2 Å². The van der Waals surface area contributed by atoms with Gasteiger partial charge in [0.2, 0.25) is 0 Å². The summed E-state index contributed by atoms with van der Waals surface area (Å²) in [4.78, 5) is 14.0. The molecule has 0 saturated heterocycles. The molecule has 4 rings (SSSR count). The molecule has 0 fully saturated rings. The highest BCUT2D eigenvalue weighted by molar-refractivity contribution is 6.01. The van der Waals surface area contributed by atoms with Crippen molar-refractivity contribution in [3.8, 4) is 11.4 Å². The van der Waals surface area contributed by atoms with E-state index in [9.17, 15) is 9.90 Å². The number of hydrogen-bond acceptors (Lipinski definition) is 4. The number of phenolic OH excluding ortho intramolecular Hbond substituents is 1. The summed E-state index contributed by atoms with van der Waals surface area (Å²) in [6, 6.07) is 18.2. The highest BCUT2D eigenvalue weighted by atomic mass is 16.3. The predicted molar refractivity (Wildman–Crippen MR) is 123 cm³/mol. The highest BCUT2D eigenvalue weighted by Crippen LogP contribution is 2.36. The minimum atomic E-state index is -0.448. The van der Waals surface area contributed by atoms with Gasteiger partial charge in [0.05, 0.1) is 5.69 Å². The number of nitrogens with zero attached hydrogens (tertiary/aromatic N) is 3. The van der Waals surface area contributed by atoms with Crippen LogP contribution in [0.25, 0.3) is 16.7 Å². The molecule has 0 unspecified atom stereocenters. The summed E-state index contributed by atoms with van der Waals surface area (Å²) in [6.07, 6.45) is 0. The number of benzene rings is 3. The predicted octanol–water partition coefficient (Wildman–Crippen LogP) is 5.38. The van der Waals surface area contributed by atoms with E-state index in [1.54, 1.807) is 6.07 Å². The van der Waals surface area contributed by atoms with Crippen LogP contribution in [-0.2, 0) is 5.41 Å². The van der Waals surface area contributed by atoms with Crippen LogP contribution in [0.4, 0.5) is 16.2 Å². The number of anilines is 2. The van der Waals surface area contributed by atoms with Crippen LogP contribution in [-0.4, -0.2) is 26.1 Å². The van der Waals surface area contributed by atoms with Crippen molar-refractivity contribution in [2.75, 3.05) is 10.6 Å². The van der Waals surface area contributed by atoms with E-state index in [0.29, 0.717) is 11.4 Å². The minimum Gasteiger partial charge on any atom is -0.504 e. The van der Waals surface area contributed by atoms with Gasteiger partial charge in [0.1, 0.15) is 16.7 Å². The van der Waals surface area contributed by atoms with E-state index in [2.05, 4.69) is 41.6 Å². The zero-order chi connectivity index (χ0) is 22.2. The zero-order valence-corrected chi connectivity index (χ0v) is 18.0. The van der Waals surface area contributed by atoms with Crippen LogP contribution in [0.2, 0.25) is 0 Å². The second-order valence-electron chi connectivity index (χ2n) is 8.57. The Morgan fingerprint density at radius 2 is 1.61 bits per heavy atom. The second kappa shape index (κ2) is 7.75. The van der Waals surface area contributed by atoms with Gasteiger partial charge in [-0.15, -0.1) is 15.0 Å². The maximum absolute atomic E-state index is 12.6. The first-order valence-corrected chi connectivity index (χ1v) is 10.1. The fourth-order valence-corrected chi connectivity index (χ4v) is 3.27. The van der Waals surface area contributed by atoms with Gasteiger partial charge in [-0.05, 0) is 59.9 Å². The lowest BCUT2D eigenvalue weighted by Gasteiger charge is -2.22. The van der Waals surface area contributed by atoms with Crippen molar-refractivity contribution in [2.45, 2.75) is 33.1 Å². The molecule has 0 saturated carbocycles. The molecule has 3 aromatic carbocycles. The van der Waals surface area contributed by atoms with E-state index < -0.39 is 6.03 Å². The van der Waals surface area contributed by atoms with Crippen LogP contribution in [0.1, 0.15) is 31.9 Å². The maximum Gasteiger partial charge on any atom is 0.323 e. The van der Waals surface area contributed by atoms with Crippen LogP contribution in [0.3, 0.4) is 0 Å². The van der Waals surface area contributed by atoms with Gasteiger partial charge < -0.3 is 15.7 Å². The molecule has 1 heterocycles. The zero-order valence-electron chi connectivity index (χ0n) is 18.0. The van der Waals surface area contributed by atoms with Crippen LogP contribution in [0.15, 0.2) is 60.7 Å². The van der Waals surface area contributed by atoms with E-state index in [1.165, 1.54) is 4.80 Å². The van der Waals surface area contributed by atoms with E-state index in [-0.39, 0.29) is 16.9 Å². The first-order valence-electron chi connectivity index (χ1n) is 10.1. The number of aryl methyl sites for hydroxylation is 1. The van der Waals surface area contributed by atoms with E-state index in [1.807, 2.05) is 61.5 Å². The largest absolute Gasteiger partial charge is 0.504 e. The Morgan fingerprint density at radius 1 is 0.935 bits per heavy atom. The van der Waals surface area contributed by atoms with Crippen molar-refractivity contribution in [1.82, 2.24) is 15.0 Å². The van der Waals surface area contributed by atoms with Crippen LogP contribution in [0, 0.1) is 6.92 Å². The van der Waals surface area contributed by atoms with Gasteiger partial charge in [0.25, 0.3) is 0 Å². The number of aromatic hydroxyl groups is 1. The average molecular weight is 415 g/mol. The van der Waals surface area contributed by atoms with E-state index >= 15 is 0 Å². The first kappa shape index (κ1) is 20.4. The molecule has 4 aromatic rings. The molecule has 0 aliphatic carbocycles. The molecular weight excluding hydrogens is 390 g/mol. The molecule has 0 radical (unpaired) electrons. The first-order chi connectivity index (χ1) is 14.7. The lowest BCUT2D eigenvalue weighted by Crippen LogP contribution is -2.21. The summed E-state index contributed by atoms with van der Waals surface area (Å²) in [5, 5.41) is 25.5. The topological polar surface area (TPSA) is 92.1 Å². The fourth-order valence-electron chi connectivity index (χ4n) is 3.27. The number of carbonyl (C=O) groups is 1. The number of urea groups is 1. The number of aromatic nitrogens is 3. The normalized spacial score (nSPS) is 11.5. The van der Waals surface area contributed by atoms with Crippen LogP contribution >= 0.6 is 0 Å². The van der Waals surface area contributed by atoms with Crippen molar-refractivity contribution >= 4 is 28.4 Å². The molecule has 0 bridgehead atoms. The number of phenols is 1. The SMILES string of the molecule is Cc1cccc(NC(=O)Nc2cc(C(C)(C)C)cc(-n3nc4ccccc4n3)c2O)c1. The number of rotatable bonds is 3. The van der Waals surface area contributed by atoms with Crippen molar-refractivity contribution in [1.29, 1.82) is 0 Å². The molecule has 0 aliphatic heterocycles. The third-order valence-electron chi connectivity index (χ3n) is 4.98. The van der Waals surface area contributed by atoms with Gasteiger partial charge in [-0.3, -0.25) is 0 Å². The molecule has 3 N–H and O–H groups in total. The minimum absolute atomic E-state index is 0.104. The molecule has 0 atom stereocenters. The second-order valence-corrected chi connectivity index (χ2v) is 8.57. The molecule has 31 heavy (non-hydrogen) atoms. The summed E-state index contributed by atoms with van der Waals surface area (Å²) >= 11 is 0. The summed E-state index contributed by atoms with van der Waals surface area (Å²) in [5.74, 6) is -0.104. The van der Waals surface area contributed by atoms with E-state index in [4.69, 9.17) is 0 Å². The third kappa shape index (κ3) is 4.35. The van der Waals surface area contributed by atoms with Gasteiger partial charge in [-0.2, -0.15) is 0 Å². The Labute approximate surface area is 180 Å². The molecule has 7 nitrogen and oxygen atoms in total. The fraction of sp³-hybridized carbons (Fsp3) is 0.208. The maximum atomic E-state index is 12.6. The number of nitrogens with one attached hydrogen (secondary N) is 2. The molecule has 0 aliphatic rings. The summed E-state index contributed by atoms with van der Waals surface area (Å²) in [5.41, 5.74) is 4.53. The molecular formula is C24H25N5O2. The van der Waals surface area contributed by atoms with Gasteiger partial charge in [0, 0.05) is 5.69 Å². The van der Waals surface area contributed by atoms with Crippen LogP contribution < -0.4 is 10.6 Å². The Balaban J connectivity index is 1.73. The van der Waals surface area contributed by atoms with Gasteiger partial charge in [0.15, 0.2) is 5.75 Å². The lowest BCUT2D eigenvalue weighted by molar-refractivity contribution is 0.262. The molecule has 0 spiro atoms. The van der Waals surface area contributed by atoms with Crippen molar-refractivity contribution < 1.29 is 9.90 Å². The Bertz CT molecular complexity index is 1240. The van der Waals surface area contributed by atoms with Crippen molar-refractivity contribution in [3.63, 3.8) is 0 Å². The molecule has 158 valence electrons. The van der Waals surface area contributed by atoms with Crippen LogP contribution in [0.5, 0.6) is 5.75 Å². The Morgan fingerprint density at radius 3 is 2.23 bits per heavy atom. The lowest BCUT2D eigenvalue weighted by atomic mass is 9.86. The molecule has 2 amide bonds. The standard InChI is InChI=1S/C24H25N5O2/c1-15-8-7-9-17(12-15)25-23(31)26-20-13-16(24(2,3)4)14-21(22(20)30)29-27-18-10-5-6-11-19(18)28-29/h5-14,30H,1-4H3,(H2,25,26,31). The average Bonchev–Trinajstić information content (AvgIpc) is 3.12. The summed E-state index contributed by atoms with van der Waals surface area (Å²) < 4.78 is 0. The van der Waals surface area contributed by atoms with Crippen molar-refractivity contribution in [3.05, 3.63) is 71.8 Å². The third-order valence-corrected chi connectivity index (χ3v) is 4.98. The molecule has 7 heteroatoms.